The Balaban J connectivity index is 1.74. The maximum Gasteiger partial charge on any atom is 0.253 e. The summed E-state index contributed by atoms with van der Waals surface area (Å²) in [5, 5.41) is 2.96. The standard InChI is InChI=1S/C20H25N3O3/c1-3-23-9-10-26-17(19(23)15-7-5-4-6-8-15)13-22-20(25)16-12-21-18(24)11-14(16)2/h4-8,11-12,17,19H,3,9-10,13H2,1-2H3,(H,21,24)(H,22,25)/t17-,19-/m0/s1. The van der Waals surface area contributed by atoms with E-state index in [0.717, 1.165) is 13.1 Å². The minimum atomic E-state index is -0.211. The lowest BCUT2D eigenvalue weighted by molar-refractivity contribution is -0.0685. The molecular weight excluding hydrogens is 330 g/mol. The van der Waals surface area contributed by atoms with Crippen molar-refractivity contribution in [1.29, 1.82) is 0 Å². The molecule has 1 saturated heterocycles. The highest BCUT2D eigenvalue weighted by Crippen LogP contribution is 2.29. The van der Waals surface area contributed by atoms with E-state index < -0.39 is 0 Å². The van der Waals surface area contributed by atoms with Gasteiger partial charge in [-0.25, -0.2) is 0 Å². The molecular formula is C20H25N3O3. The summed E-state index contributed by atoms with van der Waals surface area (Å²) >= 11 is 0. The summed E-state index contributed by atoms with van der Waals surface area (Å²) < 4.78 is 6.00. The Morgan fingerprint density at radius 2 is 2.12 bits per heavy atom. The molecule has 2 atom stereocenters. The molecule has 0 saturated carbocycles. The number of hydrogen-bond acceptors (Lipinski definition) is 4. The normalized spacial score (nSPS) is 20.7. The van der Waals surface area contributed by atoms with Gasteiger partial charge in [0, 0.05) is 25.4 Å². The third-order valence-corrected chi connectivity index (χ3v) is 4.84. The van der Waals surface area contributed by atoms with Crippen molar-refractivity contribution < 1.29 is 9.53 Å². The first-order valence-electron chi connectivity index (χ1n) is 8.98. The van der Waals surface area contributed by atoms with Gasteiger partial charge in [-0.2, -0.15) is 0 Å². The van der Waals surface area contributed by atoms with Gasteiger partial charge in [0.1, 0.15) is 0 Å². The van der Waals surface area contributed by atoms with Crippen LogP contribution in [-0.2, 0) is 4.74 Å². The molecule has 1 aromatic carbocycles. The molecule has 26 heavy (non-hydrogen) atoms. The first kappa shape index (κ1) is 18.4. The number of carbonyl (C=O) groups excluding carboxylic acids is 1. The summed E-state index contributed by atoms with van der Waals surface area (Å²) in [6, 6.07) is 11.8. The van der Waals surface area contributed by atoms with Crippen molar-refractivity contribution in [2.75, 3.05) is 26.2 Å². The van der Waals surface area contributed by atoms with Crippen molar-refractivity contribution in [2.24, 2.45) is 0 Å². The number of hydrogen-bond donors (Lipinski definition) is 2. The van der Waals surface area contributed by atoms with Gasteiger partial charge in [-0.15, -0.1) is 0 Å². The van der Waals surface area contributed by atoms with Crippen molar-refractivity contribution >= 4 is 5.91 Å². The number of likely N-dealkylation sites (N-methyl/N-ethyl adjacent to an activating group) is 1. The van der Waals surface area contributed by atoms with E-state index in [2.05, 4.69) is 34.3 Å². The largest absolute Gasteiger partial charge is 0.373 e. The average molecular weight is 355 g/mol. The zero-order valence-electron chi connectivity index (χ0n) is 15.2. The zero-order valence-corrected chi connectivity index (χ0v) is 15.2. The van der Waals surface area contributed by atoms with Crippen molar-refractivity contribution in [3.05, 3.63) is 69.6 Å². The summed E-state index contributed by atoms with van der Waals surface area (Å²) in [5.74, 6) is -0.206. The number of ether oxygens (including phenoxy) is 1. The van der Waals surface area contributed by atoms with Gasteiger partial charge < -0.3 is 15.0 Å². The van der Waals surface area contributed by atoms with E-state index in [4.69, 9.17) is 4.74 Å². The Bertz CT molecular complexity index is 803. The maximum absolute atomic E-state index is 12.5. The van der Waals surface area contributed by atoms with Crippen molar-refractivity contribution in [3.8, 4) is 0 Å². The summed E-state index contributed by atoms with van der Waals surface area (Å²) in [7, 11) is 0. The Kier molecular flexibility index (Phi) is 5.85. The summed E-state index contributed by atoms with van der Waals surface area (Å²) in [6.07, 6.45) is 1.33. The highest BCUT2D eigenvalue weighted by Gasteiger charge is 2.33. The number of benzene rings is 1. The van der Waals surface area contributed by atoms with E-state index in [-0.39, 0.29) is 23.6 Å². The molecule has 2 heterocycles. The van der Waals surface area contributed by atoms with Gasteiger partial charge in [0.15, 0.2) is 0 Å². The fourth-order valence-electron chi connectivity index (χ4n) is 3.49. The molecule has 1 aliphatic rings. The molecule has 1 aliphatic heterocycles. The number of amides is 1. The molecule has 1 amide bonds. The molecule has 0 unspecified atom stereocenters. The molecule has 2 aromatic rings. The Morgan fingerprint density at radius 1 is 1.35 bits per heavy atom. The third-order valence-electron chi connectivity index (χ3n) is 4.84. The summed E-state index contributed by atoms with van der Waals surface area (Å²) in [6.45, 7) is 6.75. The topological polar surface area (TPSA) is 74.4 Å². The lowest BCUT2D eigenvalue weighted by Crippen LogP contribution is -2.49. The van der Waals surface area contributed by atoms with E-state index >= 15 is 0 Å². The first-order valence-corrected chi connectivity index (χ1v) is 8.98. The van der Waals surface area contributed by atoms with Crippen LogP contribution in [0.4, 0.5) is 0 Å². The molecule has 138 valence electrons. The van der Waals surface area contributed by atoms with E-state index in [9.17, 15) is 9.59 Å². The number of H-pyrrole nitrogens is 1. The Morgan fingerprint density at radius 3 is 2.81 bits per heavy atom. The molecule has 0 spiro atoms. The fraction of sp³-hybridized carbons (Fsp3) is 0.400. The number of nitrogens with one attached hydrogen (secondary N) is 2. The van der Waals surface area contributed by atoms with Crippen molar-refractivity contribution in [3.63, 3.8) is 0 Å². The van der Waals surface area contributed by atoms with Gasteiger partial charge in [-0.3, -0.25) is 14.5 Å². The minimum Gasteiger partial charge on any atom is -0.373 e. The number of aromatic amines is 1. The fourth-order valence-corrected chi connectivity index (χ4v) is 3.49. The van der Waals surface area contributed by atoms with E-state index in [1.54, 1.807) is 6.92 Å². The highest BCUT2D eigenvalue weighted by atomic mass is 16.5. The second-order valence-corrected chi connectivity index (χ2v) is 6.50. The maximum atomic E-state index is 12.5. The second kappa shape index (κ2) is 8.29. The first-order chi connectivity index (χ1) is 12.6. The molecule has 6 heteroatoms. The van der Waals surface area contributed by atoms with Crippen LogP contribution in [0.1, 0.15) is 34.5 Å². The van der Waals surface area contributed by atoms with Gasteiger partial charge in [-0.05, 0) is 24.6 Å². The number of rotatable bonds is 5. The number of carbonyl (C=O) groups is 1. The molecule has 2 N–H and O–H groups in total. The SMILES string of the molecule is CCN1CCO[C@@H](CNC(=O)c2c[nH]c(=O)cc2C)[C@@H]1c1ccccc1. The van der Waals surface area contributed by atoms with Gasteiger partial charge >= 0.3 is 0 Å². The lowest BCUT2D eigenvalue weighted by Gasteiger charge is -2.41. The van der Waals surface area contributed by atoms with Crippen LogP contribution in [0.25, 0.3) is 0 Å². The van der Waals surface area contributed by atoms with Crippen LogP contribution < -0.4 is 10.9 Å². The highest BCUT2D eigenvalue weighted by molar-refractivity contribution is 5.95. The van der Waals surface area contributed by atoms with Gasteiger partial charge in [0.05, 0.1) is 24.3 Å². The van der Waals surface area contributed by atoms with E-state index in [1.807, 2.05) is 18.2 Å². The number of aryl methyl sites for hydroxylation is 1. The molecule has 6 nitrogen and oxygen atoms in total. The van der Waals surface area contributed by atoms with E-state index in [0.29, 0.717) is 24.3 Å². The predicted molar refractivity (Wildman–Crippen MR) is 100 cm³/mol. The average Bonchev–Trinajstić information content (AvgIpc) is 2.66. The summed E-state index contributed by atoms with van der Waals surface area (Å²) in [5.41, 5.74) is 2.11. The zero-order chi connectivity index (χ0) is 18.5. The van der Waals surface area contributed by atoms with Crippen LogP contribution in [0.5, 0.6) is 0 Å². The van der Waals surface area contributed by atoms with Crippen LogP contribution in [0.15, 0.2) is 47.4 Å². The molecule has 1 fully saturated rings. The molecule has 0 bridgehead atoms. The number of pyridine rings is 1. The smallest absolute Gasteiger partial charge is 0.253 e. The second-order valence-electron chi connectivity index (χ2n) is 6.50. The van der Waals surface area contributed by atoms with Crippen LogP contribution in [0.2, 0.25) is 0 Å². The summed E-state index contributed by atoms with van der Waals surface area (Å²) in [4.78, 5) is 28.8. The molecule has 0 aliphatic carbocycles. The van der Waals surface area contributed by atoms with Crippen LogP contribution in [0, 0.1) is 6.92 Å². The monoisotopic (exact) mass is 355 g/mol. The van der Waals surface area contributed by atoms with Crippen LogP contribution in [0.3, 0.4) is 0 Å². The Labute approximate surface area is 153 Å². The predicted octanol–water partition coefficient (Wildman–Crippen LogP) is 1.88. The van der Waals surface area contributed by atoms with Gasteiger partial charge in [-0.1, -0.05) is 37.3 Å². The third kappa shape index (κ3) is 4.03. The van der Waals surface area contributed by atoms with Gasteiger partial charge in [0.25, 0.3) is 5.91 Å². The van der Waals surface area contributed by atoms with Crippen LogP contribution >= 0.6 is 0 Å². The number of morpholine rings is 1. The quantitative estimate of drug-likeness (QED) is 0.859. The Hall–Kier alpha value is -2.44. The lowest BCUT2D eigenvalue weighted by atomic mass is 9.97. The van der Waals surface area contributed by atoms with Crippen molar-refractivity contribution in [2.45, 2.75) is 26.0 Å². The molecule has 0 radical (unpaired) electrons. The number of nitrogens with zero attached hydrogens (tertiary/aromatic N) is 1. The van der Waals surface area contributed by atoms with Crippen molar-refractivity contribution in [1.82, 2.24) is 15.2 Å². The van der Waals surface area contributed by atoms with E-state index in [1.165, 1.54) is 17.8 Å². The van der Waals surface area contributed by atoms with Gasteiger partial charge in [0.2, 0.25) is 5.56 Å². The number of aromatic nitrogens is 1. The minimum absolute atomic E-state index is 0.104. The molecule has 3 rings (SSSR count). The van der Waals surface area contributed by atoms with Crippen LogP contribution in [-0.4, -0.2) is 48.1 Å². The molecule has 1 aromatic heterocycles.